The van der Waals surface area contributed by atoms with Gasteiger partial charge in [0, 0.05) is 6.54 Å². The third-order valence-corrected chi connectivity index (χ3v) is 5.82. The van der Waals surface area contributed by atoms with Gasteiger partial charge in [0.05, 0.1) is 18.3 Å². The highest BCUT2D eigenvalue weighted by atomic mass is 16.2. The van der Waals surface area contributed by atoms with E-state index in [2.05, 4.69) is 23.2 Å². The van der Waals surface area contributed by atoms with E-state index in [1.54, 1.807) is 12.1 Å². The quantitative estimate of drug-likeness (QED) is 0.760. The molecule has 1 spiro atoms. The van der Waals surface area contributed by atoms with Crippen LogP contribution in [0.4, 0.5) is 4.79 Å². The van der Waals surface area contributed by atoms with E-state index >= 15 is 0 Å². The zero-order valence-corrected chi connectivity index (χ0v) is 16.7. The predicted octanol–water partition coefficient (Wildman–Crippen LogP) is 3.76. The van der Waals surface area contributed by atoms with Gasteiger partial charge in [-0.1, -0.05) is 51.2 Å². The number of hydrogen-bond donors (Lipinski definition) is 1. The maximum absolute atomic E-state index is 13.2. The van der Waals surface area contributed by atoms with Crippen molar-refractivity contribution in [2.24, 2.45) is 0 Å². The molecule has 2 aliphatic rings. The summed E-state index contributed by atoms with van der Waals surface area (Å²) in [6.45, 7) is 3.84. The minimum atomic E-state index is -0.691. The predicted molar refractivity (Wildman–Crippen MR) is 107 cm³/mol. The lowest BCUT2D eigenvalue weighted by Gasteiger charge is -2.30. The average molecular weight is 383 g/mol. The second-order valence-corrected chi connectivity index (χ2v) is 8.02. The van der Waals surface area contributed by atoms with Crippen LogP contribution in [0.15, 0.2) is 24.3 Å². The Balaban J connectivity index is 1.70. The fourth-order valence-corrected chi connectivity index (χ4v) is 4.31. The number of carbonyl (C=O) groups excluding carboxylic acids is 2. The van der Waals surface area contributed by atoms with Crippen LogP contribution in [0.5, 0.6) is 0 Å². The molecule has 28 heavy (non-hydrogen) atoms. The zero-order chi connectivity index (χ0) is 20.0. The fraction of sp³-hybridized carbons (Fsp3) is 0.591. The normalized spacial score (nSPS) is 19.4. The third-order valence-electron chi connectivity index (χ3n) is 5.82. The van der Waals surface area contributed by atoms with Crippen LogP contribution in [0.3, 0.4) is 0 Å². The van der Waals surface area contributed by atoms with Crippen molar-refractivity contribution in [3.05, 3.63) is 35.4 Å². The molecule has 1 N–H and O–H groups in total. The number of rotatable bonds is 6. The molecule has 1 heterocycles. The molecule has 0 unspecified atom stereocenters. The first-order valence-electron chi connectivity index (χ1n) is 10.4. The van der Waals surface area contributed by atoms with E-state index in [0.29, 0.717) is 18.8 Å². The van der Waals surface area contributed by atoms with Gasteiger partial charge in [-0.2, -0.15) is 5.26 Å². The van der Waals surface area contributed by atoms with Crippen LogP contribution in [0.2, 0.25) is 0 Å². The summed E-state index contributed by atoms with van der Waals surface area (Å²) >= 11 is 0. The summed E-state index contributed by atoms with van der Waals surface area (Å²) in [5.74, 6) is -0.0552. The van der Waals surface area contributed by atoms with Crippen LogP contribution in [-0.4, -0.2) is 40.5 Å². The molecule has 0 atom stereocenters. The topological polar surface area (TPSA) is 76.4 Å². The van der Waals surface area contributed by atoms with Gasteiger partial charge in [-0.25, -0.2) is 9.69 Å². The van der Waals surface area contributed by atoms with E-state index in [1.165, 1.54) is 11.3 Å². The smallest absolute Gasteiger partial charge is 0.323 e. The monoisotopic (exact) mass is 382 g/mol. The molecule has 1 saturated heterocycles. The summed E-state index contributed by atoms with van der Waals surface area (Å²) in [6, 6.07) is 9.34. The van der Waals surface area contributed by atoms with Crippen LogP contribution >= 0.6 is 0 Å². The molecule has 1 aliphatic heterocycles. The van der Waals surface area contributed by atoms with E-state index in [0.717, 1.165) is 57.1 Å². The zero-order valence-electron chi connectivity index (χ0n) is 16.7. The molecule has 3 rings (SSSR count). The van der Waals surface area contributed by atoms with Gasteiger partial charge >= 0.3 is 6.03 Å². The van der Waals surface area contributed by atoms with Crippen LogP contribution in [0.25, 0.3) is 0 Å². The van der Waals surface area contributed by atoms with Gasteiger partial charge in [0.1, 0.15) is 5.54 Å². The molecule has 3 amide bonds. The standard InChI is InChI=1S/C22H30N4O2/c1-2-14-25(16-19-10-8-18(15-23)9-11-19)17-26-20(27)22(24-21(26)28)12-6-4-3-5-7-13-22/h8-11H,2-7,12-14,16-17H2,1H3,(H,24,28). The Morgan fingerprint density at radius 3 is 2.36 bits per heavy atom. The van der Waals surface area contributed by atoms with Crippen LogP contribution < -0.4 is 5.32 Å². The molecule has 6 heteroatoms. The highest BCUT2D eigenvalue weighted by molar-refractivity contribution is 6.07. The van der Waals surface area contributed by atoms with Crippen LogP contribution in [0, 0.1) is 11.3 Å². The van der Waals surface area contributed by atoms with Gasteiger partial charge in [-0.05, 0) is 43.5 Å². The Morgan fingerprint density at radius 1 is 1.11 bits per heavy atom. The van der Waals surface area contributed by atoms with E-state index in [4.69, 9.17) is 5.26 Å². The van der Waals surface area contributed by atoms with Gasteiger partial charge in [0.25, 0.3) is 5.91 Å². The summed E-state index contributed by atoms with van der Waals surface area (Å²) < 4.78 is 0. The van der Waals surface area contributed by atoms with Crippen LogP contribution in [0.1, 0.15) is 69.4 Å². The van der Waals surface area contributed by atoms with E-state index in [9.17, 15) is 9.59 Å². The summed E-state index contributed by atoms with van der Waals surface area (Å²) in [5, 5.41) is 12.0. The molecule has 0 aromatic heterocycles. The minimum Gasteiger partial charge on any atom is -0.323 e. The number of nitriles is 1. The Labute approximate surface area is 167 Å². The largest absolute Gasteiger partial charge is 0.326 e. The van der Waals surface area contributed by atoms with E-state index < -0.39 is 5.54 Å². The van der Waals surface area contributed by atoms with E-state index in [-0.39, 0.29) is 11.9 Å². The van der Waals surface area contributed by atoms with E-state index in [1.807, 2.05) is 12.1 Å². The summed E-state index contributed by atoms with van der Waals surface area (Å²) in [5.41, 5.74) is 1.01. The maximum Gasteiger partial charge on any atom is 0.326 e. The van der Waals surface area contributed by atoms with Crippen molar-refractivity contribution in [3.63, 3.8) is 0 Å². The van der Waals surface area contributed by atoms with Gasteiger partial charge in [0.2, 0.25) is 0 Å². The SMILES string of the molecule is CCCN(Cc1ccc(C#N)cc1)CN1C(=O)NC2(CCCCCCC2)C1=O. The number of hydrogen-bond acceptors (Lipinski definition) is 4. The van der Waals surface area contributed by atoms with Crippen molar-refractivity contribution < 1.29 is 9.59 Å². The number of nitrogens with zero attached hydrogens (tertiary/aromatic N) is 3. The van der Waals surface area contributed by atoms with Crippen molar-refractivity contribution in [1.29, 1.82) is 5.26 Å². The Bertz CT molecular complexity index is 730. The van der Waals surface area contributed by atoms with Gasteiger partial charge in [-0.15, -0.1) is 0 Å². The lowest BCUT2D eigenvalue weighted by molar-refractivity contribution is -0.133. The first-order valence-corrected chi connectivity index (χ1v) is 10.4. The second-order valence-electron chi connectivity index (χ2n) is 8.02. The number of nitrogens with one attached hydrogen (secondary N) is 1. The Morgan fingerprint density at radius 2 is 1.75 bits per heavy atom. The average Bonchev–Trinajstić information content (AvgIpc) is 2.90. The van der Waals surface area contributed by atoms with Gasteiger partial charge in [0.15, 0.2) is 0 Å². The number of carbonyl (C=O) groups is 2. The maximum atomic E-state index is 13.2. The van der Waals surface area contributed by atoms with Crippen molar-refractivity contribution >= 4 is 11.9 Å². The molecule has 0 bridgehead atoms. The van der Waals surface area contributed by atoms with Crippen LogP contribution in [-0.2, 0) is 11.3 Å². The molecule has 1 saturated carbocycles. The number of imide groups is 1. The second kappa shape index (κ2) is 9.20. The molecule has 1 aliphatic carbocycles. The summed E-state index contributed by atoms with van der Waals surface area (Å²) in [6.07, 6.45) is 7.89. The first kappa shape index (κ1) is 20.3. The first-order chi connectivity index (χ1) is 13.6. The molecule has 1 aromatic carbocycles. The lowest BCUT2D eigenvalue weighted by atomic mass is 9.84. The summed E-state index contributed by atoms with van der Waals surface area (Å²) in [7, 11) is 0. The van der Waals surface area contributed by atoms with Gasteiger partial charge < -0.3 is 5.32 Å². The lowest BCUT2D eigenvalue weighted by Crippen LogP contribution is -2.48. The molecule has 1 aromatic rings. The molecule has 150 valence electrons. The third kappa shape index (κ3) is 4.53. The number of urea groups is 1. The van der Waals surface area contributed by atoms with Gasteiger partial charge in [-0.3, -0.25) is 9.69 Å². The fourth-order valence-electron chi connectivity index (χ4n) is 4.31. The van der Waals surface area contributed by atoms with Crippen molar-refractivity contribution in [1.82, 2.24) is 15.1 Å². The van der Waals surface area contributed by atoms with Crippen molar-refractivity contribution in [2.75, 3.05) is 13.2 Å². The van der Waals surface area contributed by atoms with Crippen molar-refractivity contribution in [2.45, 2.75) is 70.4 Å². The number of benzene rings is 1. The molecule has 0 radical (unpaired) electrons. The molecular formula is C22H30N4O2. The summed E-state index contributed by atoms with van der Waals surface area (Å²) in [4.78, 5) is 29.4. The van der Waals surface area contributed by atoms with Crippen molar-refractivity contribution in [3.8, 4) is 6.07 Å². The molecule has 2 fully saturated rings. The molecule has 6 nitrogen and oxygen atoms in total. The highest BCUT2D eigenvalue weighted by Crippen LogP contribution is 2.32. The Hall–Kier alpha value is -2.39. The Kier molecular flexibility index (Phi) is 6.69. The number of amides is 3. The minimum absolute atomic E-state index is 0.0552. The highest BCUT2D eigenvalue weighted by Gasteiger charge is 2.50. The molecular weight excluding hydrogens is 352 g/mol.